The summed E-state index contributed by atoms with van der Waals surface area (Å²) in [5.41, 5.74) is 3.08. The fourth-order valence-electron chi connectivity index (χ4n) is 3.61. The number of allylic oxidation sites excluding steroid dienone is 1. The van der Waals surface area contributed by atoms with E-state index >= 15 is 0 Å². The zero-order valence-electron chi connectivity index (χ0n) is 16.3. The summed E-state index contributed by atoms with van der Waals surface area (Å²) in [7, 11) is 1.67. The van der Waals surface area contributed by atoms with Gasteiger partial charge in [-0.2, -0.15) is 5.26 Å². The number of benzene rings is 2. The van der Waals surface area contributed by atoms with Crippen molar-refractivity contribution in [1.82, 2.24) is 4.57 Å². The Morgan fingerprint density at radius 2 is 1.78 bits per heavy atom. The van der Waals surface area contributed by atoms with E-state index < -0.39 is 0 Å². The molecular formula is C24H26N2O. The van der Waals surface area contributed by atoms with Crippen LogP contribution < -0.4 is 4.74 Å². The normalized spacial score (nSPS) is 12.1. The van der Waals surface area contributed by atoms with Gasteiger partial charge in [-0.25, -0.2) is 0 Å². The lowest BCUT2D eigenvalue weighted by Crippen LogP contribution is -2.14. The van der Waals surface area contributed by atoms with Gasteiger partial charge in [0.05, 0.1) is 7.11 Å². The van der Waals surface area contributed by atoms with Crippen molar-refractivity contribution in [2.45, 2.75) is 26.8 Å². The number of methoxy groups -OCH3 is 1. The Hall–Kier alpha value is -2.99. The molecule has 0 spiro atoms. The molecule has 0 saturated heterocycles. The van der Waals surface area contributed by atoms with E-state index in [1.165, 1.54) is 5.69 Å². The maximum absolute atomic E-state index is 9.88. The first kappa shape index (κ1) is 18.8. The molecule has 0 aliphatic heterocycles. The summed E-state index contributed by atoms with van der Waals surface area (Å²) >= 11 is 0. The molecule has 3 rings (SSSR count). The van der Waals surface area contributed by atoms with Crippen LogP contribution in [-0.2, 0) is 13.0 Å². The summed E-state index contributed by atoms with van der Waals surface area (Å²) in [6, 6.07) is 18.7. The molecule has 0 aliphatic rings. The third-order valence-electron chi connectivity index (χ3n) is 5.28. The smallest absolute Gasteiger partial charge is 0.128 e. The Morgan fingerprint density at radius 3 is 2.33 bits per heavy atom. The fraction of sp³-hybridized carbons (Fsp3) is 0.292. The van der Waals surface area contributed by atoms with E-state index in [9.17, 15) is 5.26 Å². The molecule has 1 atom stereocenters. The van der Waals surface area contributed by atoms with Crippen molar-refractivity contribution >= 4 is 10.8 Å². The van der Waals surface area contributed by atoms with Crippen molar-refractivity contribution in [3.8, 4) is 11.8 Å². The van der Waals surface area contributed by atoms with Crippen molar-refractivity contribution in [2.24, 2.45) is 11.8 Å². The number of nitriles is 1. The second-order valence-corrected chi connectivity index (χ2v) is 7.23. The molecular weight excluding hydrogens is 332 g/mol. The molecule has 27 heavy (non-hydrogen) atoms. The highest BCUT2D eigenvalue weighted by Gasteiger charge is 2.20. The van der Waals surface area contributed by atoms with Crippen LogP contribution in [0.1, 0.15) is 30.8 Å². The number of rotatable bonds is 7. The first-order chi connectivity index (χ1) is 13.1. The largest absolute Gasteiger partial charge is 0.497 e. The van der Waals surface area contributed by atoms with Gasteiger partial charge in [-0.05, 0) is 36.0 Å². The molecule has 1 heterocycles. The summed E-state index contributed by atoms with van der Waals surface area (Å²) in [4.78, 5) is 0. The van der Waals surface area contributed by atoms with Crippen LogP contribution in [-0.4, -0.2) is 11.7 Å². The van der Waals surface area contributed by atoms with Crippen LogP contribution in [0.25, 0.3) is 10.8 Å². The lowest BCUT2D eigenvalue weighted by molar-refractivity contribution is 0.414. The molecule has 2 aromatic carbocycles. The van der Waals surface area contributed by atoms with Gasteiger partial charge in [-0.3, -0.25) is 0 Å². The zero-order chi connectivity index (χ0) is 19.4. The van der Waals surface area contributed by atoms with Gasteiger partial charge in [0.15, 0.2) is 0 Å². The van der Waals surface area contributed by atoms with Crippen LogP contribution in [0.15, 0.2) is 61.2 Å². The molecule has 0 saturated carbocycles. The number of fused-ring (bicyclic) bond motifs is 1. The van der Waals surface area contributed by atoms with Crippen molar-refractivity contribution in [1.29, 1.82) is 5.26 Å². The molecule has 138 valence electrons. The van der Waals surface area contributed by atoms with Gasteiger partial charge < -0.3 is 9.30 Å². The van der Waals surface area contributed by atoms with E-state index in [0.29, 0.717) is 18.4 Å². The van der Waals surface area contributed by atoms with Gasteiger partial charge >= 0.3 is 0 Å². The topological polar surface area (TPSA) is 38.0 Å². The molecule has 3 aromatic rings. The molecule has 0 amide bonds. The van der Waals surface area contributed by atoms with Gasteiger partial charge in [0.25, 0.3) is 0 Å². The number of ether oxygens (including phenoxy) is 1. The third kappa shape index (κ3) is 3.75. The third-order valence-corrected chi connectivity index (χ3v) is 5.28. The van der Waals surface area contributed by atoms with Crippen molar-refractivity contribution < 1.29 is 4.74 Å². The van der Waals surface area contributed by atoms with Crippen LogP contribution in [0.3, 0.4) is 0 Å². The van der Waals surface area contributed by atoms with E-state index in [0.717, 1.165) is 34.2 Å². The zero-order valence-corrected chi connectivity index (χ0v) is 16.3. The fourth-order valence-corrected chi connectivity index (χ4v) is 3.61. The summed E-state index contributed by atoms with van der Waals surface area (Å²) in [6.07, 6.45) is 2.91. The van der Waals surface area contributed by atoms with E-state index in [4.69, 9.17) is 4.74 Å². The summed E-state index contributed by atoms with van der Waals surface area (Å²) < 4.78 is 7.43. The molecule has 3 nitrogen and oxygen atoms in total. The molecule has 0 fully saturated rings. The average molecular weight is 358 g/mol. The number of hydrogen-bond acceptors (Lipinski definition) is 2. The monoisotopic (exact) mass is 358 g/mol. The van der Waals surface area contributed by atoms with Crippen LogP contribution >= 0.6 is 0 Å². The molecule has 1 unspecified atom stereocenters. The summed E-state index contributed by atoms with van der Waals surface area (Å²) in [6.45, 7) is 9.13. The van der Waals surface area contributed by atoms with Gasteiger partial charge in [0, 0.05) is 23.0 Å². The molecule has 0 bridgehead atoms. The van der Waals surface area contributed by atoms with E-state index in [2.05, 4.69) is 49.3 Å². The van der Waals surface area contributed by atoms with Crippen LogP contribution in [0.5, 0.6) is 5.75 Å². The molecule has 0 N–H and O–H groups in total. The first-order valence-electron chi connectivity index (χ1n) is 9.34. The minimum atomic E-state index is 0.365. The number of nitrogens with zero attached hydrogens (tertiary/aromatic N) is 2. The predicted octanol–water partition coefficient (Wildman–Crippen LogP) is 5.57. The van der Waals surface area contributed by atoms with Crippen LogP contribution in [0, 0.1) is 23.2 Å². The SMILES string of the molecule is C=CC(Cc1c2ccccc2c(C#N)n1Cc1ccc(OC)cc1)C(C)C. The summed E-state index contributed by atoms with van der Waals surface area (Å²) in [5.74, 6) is 1.70. The maximum Gasteiger partial charge on any atom is 0.128 e. The maximum atomic E-state index is 9.88. The van der Waals surface area contributed by atoms with E-state index in [1.807, 2.05) is 36.4 Å². The highest BCUT2D eigenvalue weighted by Crippen LogP contribution is 2.31. The Bertz CT molecular complexity index is 974. The van der Waals surface area contributed by atoms with E-state index in [-0.39, 0.29) is 0 Å². The second kappa shape index (κ2) is 8.14. The van der Waals surface area contributed by atoms with Gasteiger partial charge in [0.1, 0.15) is 17.5 Å². The highest BCUT2D eigenvalue weighted by atomic mass is 16.5. The van der Waals surface area contributed by atoms with Crippen LogP contribution in [0.2, 0.25) is 0 Å². The predicted molar refractivity (Wildman–Crippen MR) is 111 cm³/mol. The lowest BCUT2D eigenvalue weighted by atomic mass is 9.90. The van der Waals surface area contributed by atoms with Gasteiger partial charge in [-0.1, -0.05) is 56.3 Å². The Kier molecular flexibility index (Phi) is 5.66. The molecule has 1 aromatic heterocycles. The highest BCUT2D eigenvalue weighted by molar-refractivity contribution is 5.90. The van der Waals surface area contributed by atoms with E-state index in [1.54, 1.807) is 7.11 Å². The molecule has 3 heteroatoms. The summed E-state index contributed by atoms with van der Waals surface area (Å²) in [5, 5.41) is 12.1. The lowest BCUT2D eigenvalue weighted by Gasteiger charge is -2.19. The number of aromatic nitrogens is 1. The Morgan fingerprint density at radius 1 is 1.11 bits per heavy atom. The Labute approximate surface area is 161 Å². The quantitative estimate of drug-likeness (QED) is 0.518. The van der Waals surface area contributed by atoms with Crippen molar-refractivity contribution in [2.75, 3.05) is 7.11 Å². The minimum absolute atomic E-state index is 0.365. The minimum Gasteiger partial charge on any atom is -0.497 e. The number of hydrogen-bond donors (Lipinski definition) is 0. The molecule has 0 aliphatic carbocycles. The molecule has 0 radical (unpaired) electrons. The first-order valence-corrected chi connectivity index (χ1v) is 9.34. The van der Waals surface area contributed by atoms with Crippen molar-refractivity contribution in [3.05, 3.63) is 78.1 Å². The Balaban J connectivity index is 2.12. The van der Waals surface area contributed by atoms with Gasteiger partial charge in [-0.15, -0.1) is 6.58 Å². The second-order valence-electron chi connectivity index (χ2n) is 7.23. The average Bonchev–Trinajstić information content (AvgIpc) is 2.98. The van der Waals surface area contributed by atoms with Crippen LogP contribution in [0.4, 0.5) is 0 Å². The standard InChI is InChI=1S/C24H26N2O/c1-5-19(17(2)3)14-23-21-8-6-7-9-22(21)24(15-25)26(23)16-18-10-12-20(27-4)13-11-18/h5-13,17,19H,1,14,16H2,2-4H3. The van der Waals surface area contributed by atoms with Crippen molar-refractivity contribution in [3.63, 3.8) is 0 Å². The van der Waals surface area contributed by atoms with Gasteiger partial charge in [0.2, 0.25) is 0 Å².